The van der Waals surface area contributed by atoms with Crippen molar-refractivity contribution in [2.75, 3.05) is 0 Å². The molecule has 0 aliphatic heterocycles. The lowest BCUT2D eigenvalue weighted by Gasteiger charge is -2.04. The summed E-state index contributed by atoms with van der Waals surface area (Å²) in [4.78, 5) is 11.5. The molecule has 0 spiro atoms. The summed E-state index contributed by atoms with van der Waals surface area (Å²) >= 11 is 0. The van der Waals surface area contributed by atoms with Crippen LogP contribution in [0.15, 0.2) is 30.3 Å². The van der Waals surface area contributed by atoms with Gasteiger partial charge in [-0.2, -0.15) is 0 Å². The molecule has 0 amide bonds. The summed E-state index contributed by atoms with van der Waals surface area (Å²) in [6.45, 7) is 4.19. The number of ketones is 1. The number of aromatic nitrogens is 3. The minimum absolute atomic E-state index is 0.0569. The van der Waals surface area contributed by atoms with Gasteiger partial charge in [0, 0.05) is 19.0 Å². The second-order valence-electron chi connectivity index (χ2n) is 3.52. The zero-order valence-corrected chi connectivity index (χ0v) is 9.34. The monoisotopic (exact) mass is 215 g/mol. The minimum atomic E-state index is -0.0569. The Bertz CT molecular complexity index is 502. The number of aryl methyl sites for hydroxylation is 1. The lowest BCUT2D eigenvalue weighted by Crippen LogP contribution is -2.01. The van der Waals surface area contributed by atoms with E-state index in [4.69, 9.17) is 0 Å². The van der Waals surface area contributed by atoms with Crippen molar-refractivity contribution in [1.82, 2.24) is 15.0 Å². The van der Waals surface area contributed by atoms with Crippen LogP contribution in [-0.4, -0.2) is 20.8 Å². The third-order valence-corrected chi connectivity index (χ3v) is 2.42. The van der Waals surface area contributed by atoms with Crippen LogP contribution in [0.25, 0.3) is 11.3 Å². The van der Waals surface area contributed by atoms with Gasteiger partial charge in [0.2, 0.25) is 0 Å². The predicted octanol–water partition coefficient (Wildman–Crippen LogP) is 2.17. The van der Waals surface area contributed by atoms with Crippen LogP contribution in [0.5, 0.6) is 0 Å². The third-order valence-electron chi connectivity index (χ3n) is 2.42. The lowest BCUT2D eigenvalue weighted by molar-refractivity contribution is 0.101. The largest absolute Gasteiger partial charge is 0.293 e. The van der Waals surface area contributed by atoms with E-state index in [1.54, 1.807) is 4.68 Å². The van der Waals surface area contributed by atoms with Crippen molar-refractivity contribution in [2.24, 2.45) is 0 Å². The van der Waals surface area contributed by atoms with Crippen LogP contribution >= 0.6 is 0 Å². The van der Waals surface area contributed by atoms with Crippen LogP contribution < -0.4 is 0 Å². The highest BCUT2D eigenvalue weighted by Crippen LogP contribution is 2.22. The molecule has 0 saturated heterocycles. The van der Waals surface area contributed by atoms with Crippen LogP contribution in [-0.2, 0) is 6.54 Å². The average Bonchev–Trinajstić information content (AvgIpc) is 2.73. The first kappa shape index (κ1) is 10.5. The number of rotatable bonds is 3. The number of benzene rings is 1. The van der Waals surface area contributed by atoms with Gasteiger partial charge in [0.1, 0.15) is 0 Å². The van der Waals surface area contributed by atoms with E-state index < -0.39 is 0 Å². The van der Waals surface area contributed by atoms with Crippen LogP contribution in [0.4, 0.5) is 0 Å². The maximum atomic E-state index is 11.5. The van der Waals surface area contributed by atoms with E-state index >= 15 is 0 Å². The van der Waals surface area contributed by atoms with Crippen molar-refractivity contribution in [2.45, 2.75) is 20.4 Å². The lowest BCUT2D eigenvalue weighted by atomic mass is 10.1. The summed E-state index contributed by atoms with van der Waals surface area (Å²) < 4.78 is 1.74. The highest BCUT2D eigenvalue weighted by atomic mass is 16.1. The van der Waals surface area contributed by atoms with Gasteiger partial charge in [0.25, 0.3) is 0 Å². The van der Waals surface area contributed by atoms with Gasteiger partial charge in [-0.15, -0.1) is 5.10 Å². The van der Waals surface area contributed by atoms with Gasteiger partial charge in [-0.1, -0.05) is 35.5 Å². The molecule has 0 aliphatic rings. The van der Waals surface area contributed by atoms with Crippen LogP contribution in [0.2, 0.25) is 0 Å². The molecule has 2 rings (SSSR count). The van der Waals surface area contributed by atoms with E-state index in [0.29, 0.717) is 12.2 Å². The summed E-state index contributed by atoms with van der Waals surface area (Å²) in [6, 6.07) is 9.73. The zero-order chi connectivity index (χ0) is 11.5. The Kier molecular flexibility index (Phi) is 2.81. The van der Waals surface area contributed by atoms with Gasteiger partial charge < -0.3 is 0 Å². The molecular formula is C12H13N3O. The van der Waals surface area contributed by atoms with Crippen LogP contribution in [0.1, 0.15) is 24.3 Å². The summed E-state index contributed by atoms with van der Waals surface area (Å²) in [5, 5.41) is 7.90. The highest BCUT2D eigenvalue weighted by Gasteiger charge is 2.16. The normalized spacial score (nSPS) is 10.4. The molecule has 0 saturated carbocycles. The molecule has 0 N–H and O–H groups in total. The molecule has 2 aromatic rings. The number of hydrogen-bond acceptors (Lipinski definition) is 3. The molecule has 0 atom stereocenters. The maximum Gasteiger partial charge on any atom is 0.182 e. The molecule has 0 bridgehead atoms. The Morgan fingerprint density at radius 3 is 2.56 bits per heavy atom. The Balaban J connectivity index is 2.62. The highest BCUT2D eigenvalue weighted by molar-refractivity contribution is 5.97. The molecule has 0 aliphatic carbocycles. The quantitative estimate of drug-likeness (QED) is 0.737. The first-order chi connectivity index (χ1) is 7.74. The topological polar surface area (TPSA) is 47.8 Å². The van der Waals surface area contributed by atoms with Crippen LogP contribution in [0.3, 0.4) is 0 Å². The smallest absolute Gasteiger partial charge is 0.182 e. The second kappa shape index (κ2) is 4.26. The van der Waals surface area contributed by atoms with Gasteiger partial charge in [-0.25, -0.2) is 4.68 Å². The molecule has 1 aromatic heterocycles. The van der Waals surface area contributed by atoms with E-state index in [-0.39, 0.29) is 5.78 Å². The molecule has 0 unspecified atom stereocenters. The molecule has 4 heteroatoms. The van der Waals surface area contributed by atoms with Crippen molar-refractivity contribution in [3.63, 3.8) is 0 Å². The molecule has 1 heterocycles. The van der Waals surface area contributed by atoms with Crippen molar-refractivity contribution < 1.29 is 4.79 Å². The summed E-state index contributed by atoms with van der Waals surface area (Å²) in [7, 11) is 0. The van der Waals surface area contributed by atoms with Gasteiger partial charge in [-0.05, 0) is 6.92 Å². The van der Waals surface area contributed by atoms with Crippen molar-refractivity contribution in [3.05, 3.63) is 36.0 Å². The molecule has 16 heavy (non-hydrogen) atoms. The van der Waals surface area contributed by atoms with Crippen molar-refractivity contribution in [3.8, 4) is 11.3 Å². The van der Waals surface area contributed by atoms with Crippen molar-refractivity contribution >= 4 is 5.78 Å². The predicted molar refractivity (Wildman–Crippen MR) is 61.1 cm³/mol. The number of hydrogen-bond donors (Lipinski definition) is 0. The van der Waals surface area contributed by atoms with E-state index in [9.17, 15) is 4.79 Å². The number of Topliss-reactive ketones (excluding diaryl/α,β-unsaturated/α-hetero) is 1. The Morgan fingerprint density at radius 2 is 2.00 bits per heavy atom. The zero-order valence-electron chi connectivity index (χ0n) is 9.34. The Hall–Kier alpha value is -1.97. The van der Waals surface area contributed by atoms with Gasteiger partial charge >= 0.3 is 0 Å². The minimum Gasteiger partial charge on any atom is -0.293 e. The van der Waals surface area contributed by atoms with Crippen LogP contribution in [0, 0.1) is 0 Å². The molecule has 82 valence electrons. The fourth-order valence-corrected chi connectivity index (χ4v) is 1.65. The van der Waals surface area contributed by atoms with Gasteiger partial charge in [0.15, 0.2) is 11.5 Å². The second-order valence-corrected chi connectivity index (χ2v) is 3.52. The summed E-state index contributed by atoms with van der Waals surface area (Å²) in [5.41, 5.74) is 2.21. The van der Waals surface area contributed by atoms with E-state index in [1.165, 1.54) is 6.92 Å². The summed E-state index contributed by atoms with van der Waals surface area (Å²) in [5.74, 6) is -0.0569. The average molecular weight is 215 g/mol. The number of carbonyl (C=O) groups is 1. The fourth-order valence-electron chi connectivity index (χ4n) is 1.65. The number of carbonyl (C=O) groups excluding carboxylic acids is 1. The molecule has 0 fully saturated rings. The van der Waals surface area contributed by atoms with E-state index in [0.717, 1.165) is 11.3 Å². The fraction of sp³-hybridized carbons (Fsp3) is 0.250. The molecule has 1 aromatic carbocycles. The maximum absolute atomic E-state index is 11.5. The molecule has 0 radical (unpaired) electrons. The van der Waals surface area contributed by atoms with E-state index in [2.05, 4.69) is 10.3 Å². The SMILES string of the molecule is CCn1nnc(C(C)=O)c1-c1ccccc1. The Labute approximate surface area is 93.9 Å². The van der Waals surface area contributed by atoms with E-state index in [1.807, 2.05) is 37.3 Å². The van der Waals surface area contributed by atoms with Gasteiger partial charge in [-0.3, -0.25) is 4.79 Å². The first-order valence-electron chi connectivity index (χ1n) is 5.24. The van der Waals surface area contributed by atoms with Gasteiger partial charge in [0.05, 0.1) is 5.69 Å². The summed E-state index contributed by atoms with van der Waals surface area (Å²) in [6.07, 6.45) is 0. The molecular weight excluding hydrogens is 202 g/mol. The Morgan fingerprint density at radius 1 is 1.31 bits per heavy atom. The standard InChI is InChI=1S/C12H13N3O/c1-3-15-12(10-7-5-4-6-8-10)11(9(2)16)13-14-15/h4-8H,3H2,1-2H3. The number of nitrogens with zero attached hydrogens (tertiary/aromatic N) is 3. The van der Waals surface area contributed by atoms with Crippen molar-refractivity contribution in [1.29, 1.82) is 0 Å². The third kappa shape index (κ3) is 1.74. The molecule has 4 nitrogen and oxygen atoms in total. The first-order valence-corrected chi connectivity index (χ1v) is 5.24.